The standard InChI is InChI=1S/C18H22N4O2.HI/c1-3-10-20-18(19-4-2)21-13-14-7-5-8-15(12-14)22-17(23)16-9-6-11-24-16;/h3,5-9,11-12H,1,4,10,13H2,2H3,(H,22,23)(H2,19,20,21);1H. The highest BCUT2D eigenvalue weighted by Crippen LogP contribution is 2.13. The number of hydrogen-bond donors (Lipinski definition) is 3. The second-order valence-corrected chi connectivity index (χ2v) is 5.00. The molecule has 0 saturated heterocycles. The molecule has 1 aromatic heterocycles. The third kappa shape index (κ3) is 7.00. The Morgan fingerprint density at radius 3 is 2.80 bits per heavy atom. The summed E-state index contributed by atoms with van der Waals surface area (Å²) in [6.07, 6.45) is 3.25. The van der Waals surface area contributed by atoms with Crippen LogP contribution in [0.4, 0.5) is 5.69 Å². The fourth-order valence-electron chi connectivity index (χ4n) is 2.03. The SMILES string of the molecule is C=CCNC(=NCc1cccc(NC(=O)c2ccco2)c1)NCC.I. The van der Waals surface area contributed by atoms with Crippen molar-refractivity contribution in [2.24, 2.45) is 4.99 Å². The van der Waals surface area contributed by atoms with Gasteiger partial charge in [-0.2, -0.15) is 0 Å². The number of carbonyl (C=O) groups excluding carboxylic acids is 1. The first-order valence-electron chi connectivity index (χ1n) is 7.79. The molecule has 0 spiro atoms. The number of nitrogens with one attached hydrogen (secondary N) is 3. The van der Waals surface area contributed by atoms with Crippen molar-refractivity contribution in [3.8, 4) is 0 Å². The van der Waals surface area contributed by atoms with E-state index >= 15 is 0 Å². The van der Waals surface area contributed by atoms with Crippen molar-refractivity contribution in [1.29, 1.82) is 0 Å². The summed E-state index contributed by atoms with van der Waals surface area (Å²) >= 11 is 0. The molecule has 0 fully saturated rings. The number of amides is 1. The Hall–Kier alpha value is -2.29. The summed E-state index contributed by atoms with van der Waals surface area (Å²) in [5.41, 5.74) is 1.69. The zero-order valence-corrected chi connectivity index (χ0v) is 16.4. The minimum atomic E-state index is -0.276. The first-order chi connectivity index (χ1) is 11.7. The molecule has 1 heterocycles. The van der Waals surface area contributed by atoms with Gasteiger partial charge in [0, 0.05) is 18.8 Å². The van der Waals surface area contributed by atoms with Crippen LogP contribution in [0.5, 0.6) is 0 Å². The van der Waals surface area contributed by atoms with Crippen molar-refractivity contribution in [3.63, 3.8) is 0 Å². The van der Waals surface area contributed by atoms with Gasteiger partial charge < -0.3 is 20.4 Å². The number of hydrogen-bond acceptors (Lipinski definition) is 3. The Morgan fingerprint density at radius 2 is 2.12 bits per heavy atom. The van der Waals surface area contributed by atoms with Gasteiger partial charge in [0.1, 0.15) is 0 Å². The molecule has 1 amide bonds. The molecule has 6 nitrogen and oxygen atoms in total. The second kappa shape index (κ2) is 11.3. The molecule has 1 aromatic carbocycles. The number of halogens is 1. The van der Waals surface area contributed by atoms with Gasteiger partial charge in [-0.25, -0.2) is 4.99 Å². The fraction of sp³-hybridized carbons (Fsp3) is 0.222. The highest BCUT2D eigenvalue weighted by Gasteiger charge is 2.08. The van der Waals surface area contributed by atoms with Crippen LogP contribution in [-0.4, -0.2) is 25.0 Å². The maximum atomic E-state index is 12.0. The lowest BCUT2D eigenvalue weighted by Crippen LogP contribution is -2.37. The van der Waals surface area contributed by atoms with E-state index in [1.54, 1.807) is 18.2 Å². The van der Waals surface area contributed by atoms with Crippen LogP contribution in [0.15, 0.2) is 64.7 Å². The van der Waals surface area contributed by atoms with E-state index < -0.39 is 0 Å². The Morgan fingerprint density at radius 1 is 1.28 bits per heavy atom. The summed E-state index contributed by atoms with van der Waals surface area (Å²) < 4.78 is 5.08. The molecule has 0 atom stereocenters. The number of guanidine groups is 1. The maximum absolute atomic E-state index is 12.0. The number of benzene rings is 1. The quantitative estimate of drug-likeness (QED) is 0.260. The van der Waals surface area contributed by atoms with Crippen LogP contribution < -0.4 is 16.0 Å². The van der Waals surface area contributed by atoms with E-state index in [4.69, 9.17) is 4.42 Å². The van der Waals surface area contributed by atoms with Crippen molar-refractivity contribution < 1.29 is 9.21 Å². The predicted octanol–water partition coefficient (Wildman–Crippen LogP) is 3.39. The monoisotopic (exact) mass is 454 g/mol. The molecule has 134 valence electrons. The van der Waals surface area contributed by atoms with Crippen molar-refractivity contribution >= 4 is 41.5 Å². The molecule has 0 aliphatic heterocycles. The average Bonchev–Trinajstić information content (AvgIpc) is 3.12. The summed E-state index contributed by atoms with van der Waals surface area (Å²) in [6.45, 7) is 7.61. The Kier molecular flexibility index (Phi) is 9.38. The van der Waals surface area contributed by atoms with E-state index in [0.717, 1.165) is 18.1 Å². The van der Waals surface area contributed by atoms with Crippen LogP contribution in [0.3, 0.4) is 0 Å². The summed E-state index contributed by atoms with van der Waals surface area (Å²) in [6, 6.07) is 10.9. The van der Waals surface area contributed by atoms with Crippen LogP contribution in [0, 0.1) is 0 Å². The number of aliphatic imine (C=N–C) groups is 1. The Bertz CT molecular complexity index is 699. The van der Waals surface area contributed by atoms with Gasteiger partial charge in [-0.05, 0) is 36.8 Å². The fourth-order valence-corrected chi connectivity index (χ4v) is 2.03. The molecule has 0 unspecified atom stereocenters. The first-order valence-corrected chi connectivity index (χ1v) is 7.79. The summed E-state index contributed by atoms with van der Waals surface area (Å²) in [5.74, 6) is 0.727. The van der Waals surface area contributed by atoms with Gasteiger partial charge in [0.05, 0.1) is 12.8 Å². The highest BCUT2D eigenvalue weighted by atomic mass is 127. The third-order valence-electron chi connectivity index (χ3n) is 3.11. The van der Waals surface area contributed by atoms with Crippen molar-refractivity contribution in [3.05, 3.63) is 66.6 Å². The summed E-state index contributed by atoms with van der Waals surface area (Å²) in [4.78, 5) is 16.5. The van der Waals surface area contributed by atoms with E-state index in [-0.39, 0.29) is 35.6 Å². The van der Waals surface area contributed by atoms with Gasteiger partial charge >= 0.3 is 0 Å². The highest BCUT2D eigenvalue weighted by molar-refractivity contribution is 14.0. The lowest BCUT2D eigenvalue weighted by atomic mass is 10.2. The van der Waals surface area contributed by atoms with E-state index in [9.17, 15) is 4.79 Å². The second-order valence-electron chi connectivity index (χ2n) is 5.00. The molecule has 25 heavy (non-hydrogen) atoms. The third-order valence-corrected chi connectivity index (χ3v) is 3.11. The predicted molar refractivity (Wildman–Crippen MR) is 112 cm³/mol. The Balaban J connectivity index is 0.00000312. The van der Waals surface area contributed by atoms with Gasteiger partial charge in [0.25, 0.3) is 5.91 Å². The number of rotatable bonds is 7. The van der Waals surface area contributed by atoms with Crippen LogP contribution in [-0.2, 0) is 6.54 Å². The van der Waals surface area contributed by atoms with Crippen LogP contribution >= 0.6 is 24.0 Å². The smallest absolute Gasteiger partial charge is 0.291 e. The van der Waals surface area contributed by atoms with E-state index in [0.29, 0.717) is 18.8 Å². The number of anilines is 1. The molecule has 3 N–H and O–H groups in total. The molecule has 2 rings (SSSR count). The van der Waals surface area contributed by atoms with E-state index in [2.05, 4.69) is 27.5 Å². The maximum Gasteiger partial charge on any atom is 0.291 e. The summed E-state index contributed by atoms with van der Waals surface area (Å²) in [5, 5.41) is 9.11. The topological polar surface area (TPSA) is 78.7 Å². The van der Waals surface area contributed by atoms with E-state index in [1.165, 1.54) is 6.26 Å². The number of carbonyl (C=O) groups is 1. The lowest BCUT2D eigenvalue weighted by molar-refractivity contribution is 0.0996. The molecular formula is C18H23IN4O2. The molecule has 0 saturated carbocycles. The zero-order valence-electron chi connectivity index (χ0n) is 14.1. The lowest BCUT2D eigenvalue weighted by Gasteiger charge is -2.10. The van der Waals surface area contributed by atoms with Crippen molar-refractivity contribution in [1.82, 2.24) is 10.6 Å². The van der Waals surface area contributed by atoms with Crippen LogP contribution in [0.25, 0.3) is 0 Å². The van der Waals surface area contributed by atoms with Crippen molar-refractivity contribution in [2.45, 2.75) is 13.5 Å². The summed E-state index contributed by atoms with van der Waals surface area (Å²) in [7, 11) is 0. The minimum Gasteiger partial charge on any atom is -0.459 e. The molecule has 0 bridgehead atoms. The Labute approximate surface area is 164 Å². The molecule has 0 aliphatic carbocycles. The van der Waals surface area contributed by atoms with Gasteiger partial charge in [-0.3, -0.25) is 4.79 Å². The number of furan rings is 1. The molecule has 0 aliphatic rings. The molecule has 0 radical (unpaired) electrons. The number of nitrogens with zero attached hydrogens (tertiary/aromatic N) is 1. The zero-order chi connectivity index (χ0) is 17.2. The largest absolute Gasteiger partial charge is 0.459 e. The average molecular weight is 454 g/mol. The van der Waals surface area contributed by atoms with Gasteiger partial charge in [0.15, 0.2) is 11.7 Å². The normalized spacial score (nSPS) is 10.5. The van der Waals surface area contributed by atoms with Gasteiger partial charge in [-0.15, -0.1) is 30.6 Å². The van der Waals surface area contributed by atoms with Gasteiger partial charge in [0.2, 0.25) is 0 Å². The van der Waals surface area contributed by atoms with E-state index in [1.807, 2.05) is 31.2 Å². The van der Waals surface area contributed by atoms with Crippen LogP contribution in [0.1, 0.15) is 23.0 Å². The van der Waals surface area contributed by atoms with Gasteiger partial charge in [-0.1, -0.05) is 18.2 Å². The first kappa shape index (κ1) is 20.8. The molecule has 7 heteroatoms. The van der Waals surface area contributed by atoms with Crippen LogP contribution in [0.2, 0.25) is 0 Å². The molecule has 2 aromatic rings. The minimum absolute atomic E-state index is 0. The molecular weight excluding hydrogens is 431 g/mol. The van der Waals surface area contributed by atoms with Crippen molar-refractivity contribution in [2.75, 3.05) is 18.4 Å².